The number of nitrogens with zero attached hydrogens (tertiary/aromatic N) is 5. The van der Waals surface area contributed by atoms with Gasteiger partial charge in [-0.05, 0) is 20.0 Å². The number of morpholine rings is 1. The molecule has 4 heterocycles. The first kappa shape index (κ1) is 21.8. The molecule has 3 aromatic rings. The fraction of sp³-hybridized carbons (Fsp3) is 0.417. The van der Waals surface area contributed by atoms with Gasteiger partial charge < -0.3 is 24.8 Å². The molecule has 0 radical (unpaired) electrons. The molecule has 0 unspecified atom stereocenters. The Labute approximate surface area is 192 Å². The lowest BCUT2D eigenvalue weighted by Gasteiger charge is -2.34. The summed E-state index contributed by atoms with van der Waals surface area (Å²) in [5.74, 6) is -0.520. The van der Waals surface area contributed by atoms with Crippen LogP contribution >= 0.6 is 0 Å². The predicted molar refractivity (Wildman–Crippen MR) is 127 cm³/mol. The van der Waals surface area contributed by atoms with Crippen LogP contribution in [0.15, 0.2) is 30.6 Å². The van der Waals surface area contributed by atoms with Crippen LogP contribution in [0.2, 0.25) is 0 Å². The summed E-state index contributed by atoms with van der Waals surface area (Å²) in [6.07, 6.45) is 3.53. The highest BCUT2D eigenvalue weighted by Crippen LogP contribution is 2.37. The molecule has 0 saturated carbocycles. The molecular formula is C24H28F2N6O. The highest BCUT2D eigenvalue weighted by molar-refractivity contribution is 5.97. The minimum Gasteiger partial charge on any atom is -0.378 e. The van der Waals surface area contributed by atoms with Crippen LogP contribution in [0.1, 0.15) is 5.56 Å². The molecule has 2 aromatic heterocycles. The van der Waals surface area contributed by atoms with Crippen molar-refractivity contribution in [3.8, 4) is 0 Å². The number of ether oxygens (including phenoxy) is 1. The predicted octanol–water partition coefficient (Wildman–Crippen LogP) is 3.55. The third kappa shape index (κ3) is 4.43. The van der Waals surface area contributed by atoms with E-state index in [-0.39, 0.29) is 5.39 Å². The van der Waals surface area contributed by atoms with E-state index >= 15 is 4.39 Å². The third-order valence-electron chi connectivity index (χ3n) is 6.39. The van der Waals surface area contributed by atoms with E-state index in [1.165, 1.54) is 6.07 Å². The molecule has 5 rings (SSSR count). The van der Waals surface area contributed by atoms with Crippen molar-refractivity contribution in [3.05, 3.63) is 47.8 Å². The largest absolute Gasteiger partial charge is 0.378 e. The SMILES string of the molecule is Cc1c(N2CCN(C)CC2)nc2cc(F)cc(F)c2c1Nc1cncc(N2CCOCC2)c1. The number of halogens is 2. The Morgan fingerprint density at radius 3 is 2.45 bits per heavy atom. The first-order valence-corrected chi connectivity index (χ1v) is 11.3. The minimum absolute atomic E-state index is 0.281. The summed E-state index contributed by atoms with van der Waals surface area (Å²) < 4.78 is 34.5. The van der Waals surface area contributed by atoms with E-state index in [4.69, 9.17) is 4.74 Å². The molecule has 174 valence electrons. The maximum Gasteiger partial charge on any atom is 0.137 e. The molecule has 7 nitrogen and oxygen atoms in total. The summed E-state index contributed by atoms with van der Waals surface area (Å²) in [6, 6.07) is 4.21. The highest BCUT2D eigenvalue weighted by Gasteiger charge is 2.23. The molecule has 2 aliphatic rings. The summed E-state index contributed by atoms with van der Waals surface area (Å²) in [5, 5.41) is 3.66. The van der Waals surface area contributed by atoms with Gasteiger partial charge in [0.2, 0.25) is 0 Å². The Morgan fingerprint density at radius 2 is 1.70 bits per heavy atom. The lowest BCUT2D eigenvalue weighted by Crippen LogP contribution is -2.45. The number of aromatic nitrogens is 2. The van der Waals surface area contributed by atoms with E-state index in [0.29, 0.717) is 24.4 Å². The Balaban J connectivity index is 1.57. The molecular weight excluding hydrogens is 426 g/mol. The lowest BCUT2D eigenvalue weighted by molar-refractivity contribution is 0.122. The fourth-order valence-corrected chi connectivity index (χ4v) is 4.51. The van der Waals surface area contributed by atoms with Crippen molar-refractivity contribution < 1.29 is 13.5 Å². The normalized spacial score (nSPS) is 17.6. The van der Waals surface area contributed by atoms with Gasteiger partial charge in [0, 0.05) is 57.0 Å². The zero-order valence-electron chi connectivity index (χ0n) is 18.9. The van der Waals surface area contributed by atoms with E-state index in [2.05, 4.69) is 37.0 Å². The summed E-state index contributed by atoms with van der Waals surface area (Å²) in [5.41, 5.74) is 3.43. The summed E-state index contributed by atoms with van der Waals surface area (Å²) >= 11 is 0. The zero-order valence-corrected chi connectivity index (χ0v) is 18.9. The van der Waals surface area contributed by atoms with Crippen LogP contribution in [-0.2, 0) is 4.74 Å². The van der Waals surface area contributed by atoms with E-state index < -0.39 is 11.6 Å². The van der Waals surface area contributed by atoms with Crippen LogP contribution < -0.4 is 15.1 Å². The van der Waals surface area contributed by atoms with Crippen LogP contribution in [0, 0.1) is 18.6 Å². The van der Waals surface area contributed by atoms with Crippen molar-refractivity contribution in [1.29, 1.82) is 0 Å². The minimum atomic E-state index is -0.636. The Morgan fingerprint density at radius 1 is 0.939 bits per heavy atom. The average molecular weight is 455 g/mol. The Kier molecular flexibility index (Phi) is 5.99. The van der Waals surface area contributed by atoms with Crippen LogP contribution in [0.5, 0.6) is 0 Å². The number of benzene rings is 1. The number of anilines is 4. The highest BCUT2D eigenvalue weighted by atomic mass is 19.1. The standard InChI is InChI=1S/C24H28F2N6O/c1-16-23(28-18-13-19(15-27-14-18)31-7-9-33-10-8-31)22-20(26)11-17(25)12-21(22)29-24(16)32-5-3-30(2)4-6-32/h11-15H,3-10H2,1-2H3,(H,28,29). The second-order valence-electron chi connectivity index (χ2n) is 8.66. The molecule has 2 saturated heterocycles. The number of pyridine rings is 2. The van der Waals surface area contributed by atoms with Gasteiger partial charge in [-0.3, -0.25) is 4.98 Å². The smallest absolute Gasteiger partial charge is 0.137 e. The van der Waals surface area contributed by atoms with Crippen LogP contribution in [0.3, 0.4) is 0 Å². The van der Waals surface area contributed by atoms with Gasteiger partial charge in [-0.15, -0.1) is 0 Å². The van der Waals surface area contributed by atoms with Crippen LogP contribution in [0.4, 0.5) is 31.7 Å². The number of hydrogen-bond donors (Lipinski definition) is 1. The fourth-order valence-electron chi connectivity index (χ4n) is 4.51. The topological polar surface area (TPSA) is 56.8 Å². The van der Waals surface area contributed by atoms with Crippen molar-refractivity contribution in [2.45, 2.75) is 6.92 Å². The van der Waals surface area contributed by atoms with Crippen molar-refractivity contribution in [2.75, 3.05) is 74.6 Å². The van der Waals surface area contributed by atoms with Gasteiger partial charge >= 0.3 is 0 Å². The number of piperazine rings is 1. The van der Waals surface area contributed by atoms with Crippen molar-refractivity contribution in [3.63, 3.8) is 0 Å². The van der Waals surface area contributed by atoms with Gasteiger partial charge in [0.15, 0.2) is 0 Å². The van der Waals surface area contributed by atoms with Crippen LogP contribution in [-0.4, -0.2) is 74.4 Å². The second kappa shape index (κ2) is 9.07. The number of nitrogens with one attached hydrogen (secondary N) is 1. The monoisotopic (exact) mass is 454 g/mol. The first-order valence-electron chi connectivity index (χ1n) is 11.3. The summed E-state index contributed by atoms with van der Waals surface area (Å²) in [7, 11) is 2.09. The maximum absolute atomic E-state index is 15.0. The molecule has 1 aromatic carbocycles. The summed E-state index contributed by atoms with van der Waals surface area (Å²) in [4.78, 5) is 15.7. The molecule has 0 aliphatic carbocycles. The zero-order chi connectivity index (χ0) is 22.9. The quantitative estimate of drug-likeness (QED) is 0.647. The van der Waals surface area contributed by atoms with E-state index in [0.717, 1.165) is 68.1 Å². The molecule has 0 amide bonds. The number of likely N-dealkylation sites (N-methyl/N-ethyl adjacent to an activating group) is 1. The Bertz CT molecular complexity index is 1160. The van der Waals surface area contributed by atoms with Gasteiger partial charge in [-0.2, -0.15) is 0 Å². The first-order chi connectivity index (χ1) is 16.0. The molecule has 0 atom stereocenters. The third-order valence-corrected chi connectivity index (χ3v) is 6.39. The second-order valence-corrected chi connectivity index (χ2v) is 8.66. The average Bonchev–Trinajstić information content (AvgIpc) is 2.82. The van der Waals surface area contributed by atoms with Gasteiger partial charge in [-0.1, -0.05) is 0 Å². The molecule has 1 N–H and O–H groups in total. The molecule has 9 heteroatoms. The van der Waals surface area contributed by atoms with Crippen molar-refractivity contribution in [2.24, 2.45) is 0 Å². The van der Waals surface area contributed by atoms with Crippen LogP contribution in [0.25, 0.3) is 10.9 Å². The summed E-state index contributed by atoms with van der Waals surface area (Å²) in [6.45, 7) is 8.31. The maximum atomic E-state index is 15.0. The molecule has 2 fully saturated rings. The van der Waals surface area contributed by atoms with E-state index in [1.54, 1.807) is 6.20 Å². The van der Waals surface area contributed by atoms with Crippen molar-refractivity contribution >= 4 is 33.8 Å². The molecule has 0 spiro atoms. The van der Waals surface area contributed by atoms with Gasteiger partial charge in [0.1, 0.15) is 17.5 Å². The number of rotatable bonds is 4. The lowest BCUT2D eigenvalue weighted by atomic mass is 10.1. The van der Waals surface area contributed by atoms with Gasteiger partial charge in [0.25, 0.3) is 0 Å². The van der Waals surface area contributed by atoms with Gasteiger partial charge in [0.05, 0.1) is 53.6 Å². The molecule has 0 bridgehead atoms. The molecule has 2 aliphatic heterocycles. The van der Waals surface area contributed by atoms with E-state index in [9.17, 15) is 4.39 Å². The number of fused-ring (bicyclic) bond motifs is 1. The van der Waals surface area contributed by atoms with Crippen molar-refractivity contribution in [1.82, 2.24) is 14.9 Å². The number of hydrogen-bond acceptors (Lipinski definition) is 7. The van der Waals surface area contributed by atoms with E-state index in [1.807, 2.05) is 19.2 Å². The van der Waals surface area contributed by atoms with Gasteiger partial charge in [-0.25, -0.2) is 13.8 Å². The molecule has 33 heavy (non-hydrogen) atoms. The Hall–Kier alpha value is -3.04.